The second-order valence-corrected chi connectivity index (χ2v) is 4.54. The van der Waals surface area contributed by atoms with Crippen molar-refractivity contribution in [3.05, 3.63) is 22.0 Å². The van der Waals surface area contributed by atoms with Crippen molar-refractivity contribution in [3.8, 4) is 0 Å². The number of aryl methyl sites for hydroxylation is 4. The maximum Gasteiger partial charge on any atom is 0.194 e. The maximum atomic E-state index is 4.55. The van der Waals surface area contributed by atoms with Crippen LogP contribution in [0.2, 0.25) is 0 Å². The Balaban J connectivity index is 2.86. The number of thiazole rings is 1. The van der Waals surface area contributed by atoms with Gasteiger partial charge in [0.05, 0.1) is 5.69 Å². The molecule has 0 amide bonds. The topological polar surface area (TPSA) is 17.3 Å². The van der Waals surface area contributed by atoms with E-state index in [0.29, 0.717) is 0 Å². The molecule has 70 valence electrons. The van der Waals surface area contributed by atoms with Crippen LogP contribution in [-0.4, -0.2) is 9.38 Å². The van der Waals surface area contributed by atoms with E-state index in [0.717, 1.165) is 11.4 Å². The lowest BCUT2D eigenvalue weighted by Crippen LogP contribution is -1.93. The van der Waals surface area contributed by atoms with Gasteiger partial charge in [0.2, 0.25) is 0 Å². The Kier molecular flexibility index (Phi) is 1.91. The first-order valence-corrected chi connectivity index (χ1v) is 5.40. The fourth-order valence-electron chi connectivity index (χ4n) is 1.73. The van der Waals surface area contributed by atoms with Gasteiger partial charge in [-0.1, -0.05) is 6.92 Å². The third-order valence-corrected chi connectivity index (χ3v) is 3.62. The number of hydrogen-bond acceptors (Lipinski definition) is 2. The number of aromatic nitrogens is 2. The molecule has 0 saturated carbocycles. The highest BCUT2D eigenvalue weighted by molar-refractivity contribution is 7.17. The minimum atomic E-state index is 1.06. The molecule has 0 aliphatic carbocycles. The Hall–Kier alpha value is -0.830. The van der Waals surface area contributed by atoms with Crippen LogP contribution in [0.5, 0.6) is 0 Å². The summed E-state index contributed by atoms with van der Waals surface area (Å²) in [7, 11) is 0. The fourth-order valence-corrected chi connectivity index (χ4v) is 2.77. The van der Waals surface area contributed by atoms with E-state index in [9.17, 15) is 0 Å². The number of fused-ring (bicyclic) bond motifs is 1. The number of rotatable bonds is 1. The van der Waals surface area contributed by atoms with Gasteiger partial charge in [0, 0.05) is 16.3 Å². The van der Waals surface area contributed by atoms with Crippen molar-refractivity contribution in [2.45, 2.75) is 34.1 Å². The largest absolute Gasteiger partial charge is 0.291 e. The van der Waals surface area contributed by atoms with Crippen LogP contribution >= 0.6 is 11.3 Å². The summed E-state index contributed by atoms with van der Waals surface area (Å²) < 4.78 is 2.29. The van der Waals surface area contributed by atoms with Gasteiger partial charge in [-0.3, -0.25) is 4.40 Å². The molecule has 0 saturated heterocycles. The molecule has 2 aromatic heterocycles. The van der Waals surface area contributed by atoms with Gasteiger partial charge < -0.3 is 0 Å². The molecule has 0 atom stereocenters. The molecule has 0 aliphatic heterocycles. The highest BCUT2D eigenvalue weighted by Crippen LogP contribution is 2.24. The van der Waals surface area contributed by atoms with Crippen molar-refractivity contribution < 1.29 is 0 Å². The van der Waals surface area contributed by atoms with E-state index in [-0.39, 0.29) is 0 Å². The lowest BCUT2D eigenvalue weighted by Gasteiger charge is -1.98. The molecule has 13 heavy (non-hydrogen) atoms. The van der Waals surface area contributed by atoms with E-state index in [2.05, 4.69) is 37.1 Å². The molecule has 2 nitrogen and oxygen atoms in total. The minimum Gasteiger partial charge on any atom is -0.291 e. The first-order chi connectivity index (χ1) is 6.15. The maximum absolute atomic E-state index is 4.55. The van der Waals surface area contributed by atoms with E-state index in [1.54, 1.807) is 11.3 Å². The summed E-state index contributed by atoms with van der Waals surface area (Å²) in [5, 5.41) is 0. The highest BCUT2D eigenvalue weighted by Gasteiger charge is 2.12. The van der Waals surface area contributed by atoms with Crippen LogP contribution in [0.3, 0.4) is 0 Å². The molecule has 0 bridgehead atoms. The molecule has 2 aromatic rings. The zero-order chi connectivity index (χ0) is 9.59. The van der Waals surface area contributed by atoms with Crippen LogP contribution in [0.25, 0.3) is 4.96 Å². The van der Waals surface area contributed by atoms with E-state index in [1.807, 2.05) is 0 Å². The molecule has 0 spiro atoms. The van der Waals surface area contributed by atoms with Gasteiger partial charge in [0.1, 0.15) is 0 Å². The standard InChI is InChI=1S/C10H14N2S/c1-5-9-6(2)11-10-12(9)7(3)8(4)13-10/h5H2,1-4H3. The highest BCUT2D eigenvalue weighted by atomic mass is 32.1. The van der Waals surface area contributed by atoms with Crippen molar-refractivity contribution in [2.24, 2.45) is 0 Å². The lowest BCUT2D eigenvalue weighted by molar-refractivity contribution is 0.953. The monoisotopic (exact) mass is 194 g/mol. The van der Waals surface area contributed by atoms with Crippen LogP contribution in [0.15, 0.2) is 0 Å². The summed E-state index contributed by atoms with van der Waals surface area (Å²) in [5.74, 6) is 0. The molecule has 0 fully saturated rings. The van der Waals surface area contributed by atoms with Crippen LogP contribution in [-0.2, 0) is 6.42 Å². The number of hydrogen-bond donors (Lipinski definition) is 0. The Bertz CT molecular complexity index is 451. The van der Waals surface area contributed by atoms with Crippen molar-refractivity contribution >= 4 is 16.3 Å². The molecule has 3 heteroatoms. The van der Waals surface area contributed by atoms with Gasteiger partial charge >= 0.3 is 0 Å². The molecule has 2 rings (SSSR count). The predicted molar refractivity (Wildman–Crippen MR) is 56.7 cm³/mol. The van der Waals surface area contributed by atoms with Crippen LogP contribution < -0.4 is 0 Å². The minimum absolute atomic E-state index is 1.06. The van der Waals surface area contributed by atoms with Gasteiger partial charge in [-0.15, -0.1) is 11.3 Å². The van der Waals surface area contributed by atoms with Crippen LogP contribution in [0.1, 0.15) is 28.9 Å². The molecule has 0 aliphatic rings. The summed E-state index contributed by atoms with van der Waals surface area (Å²) in [6.45, 7) is 8.60. The number of nitrogens with zero attached hydrogens (tertiary/aromatic N) is 2. The molecular formula is C10H14N2S. The Labute approximate surface area is 82.2 Å². The van der Waals surface area contributed by atoms with Gasteiger partial charge in [-0.25, -0.2) is 4.98 Å². The predicted octanol–water partition coefficient (Wildman–Crippen LogP) is 2.88. The quantitative estimate of drug-likeness (QED) is 0.682. The summed E-state index contributed by atoms with van der Waals surface area (Å²) >= 11 is 1.78. The lowest BCUT2D eigenvalue weighted by atomic mass is 10.3. The van der Waals surface area contributed by atoms with Gasteiger partial charge in [0.25, 0.3) is 0 Å². The molecular weight excluding hydrogens is 180 g/mol. The smallest absolute Gasteiger partial charge is 0.194 e. The summed E-state index contributed by atoms with van der Waals surface area (Å²) in [5.41, 5.74) is 3.88. The summed E-state index contributed by atoms with van der Waals surface area (Å²) in [6, 6.07) is 0. The second kappa shape index (κ2) is 2.84. The van der Waals surface area contributed by atoms with Gasteiger partial charge in [-0.2, -0.15) is 0 Å². The average molecular weight is 194 g/mol. The zero-order valence-corrected chi connectivity index (χ0v) is 9.33. The molecule has 2 heterocycles. The molecule has 0 N–H and O–H groups in total. The first kappa shape index (κ1) is 8.75. The van der Waals surface area contributed by atoms with E-state index in [4.69, 9.17) is 0 Å². The summed E-state index contributed by atoms with van der Waals surface area (Å²) in [4.78, 5) is 7.06. The molecule has 0 radical (unpaired) electrons. The SMILES string of the molecule is CCc1c(C)nc2sc(C)c(C)n12. The van der Waals surface area contributed by atoms with Gasteiger partial charge in [0.15, 0.2) is 4.96 Å². The van der Waals surface area contributed by atoms with Crippen molar-refractivity contribution in [3.63, 3.8) is 0 Å². The zero-order valence-electron chi connectivity index (χ0n) is 8.51. The normalized spacial score (nSPS) is 11.4. The van der Waals surface area contributed by atoms with E-state index >= 15 is 0 Å². The average Bonchev–Trinajstić information content (AvgIpc) is 2.51. The Morgan fingerprint density at radius 1 is 1.31 bits per heavy atom. The molecule has 0 aromatic carbocycles. The third kappa shape index (κ3) is 1.10. The van der Waals surface area contributed by atoms with E-state index in [1.165, 1.54) is 22.0 Å². The Morgan fingerprint density at radius 3 is 2.62 bits per heavy atom. The van der Waals surface area contributed by atoms with Crippen molar-refractivity contribution in [1.29, 1.82) is 0 Å². The van der Waals surface area contributed by atoms with E-state index < -0.39 is 0 Å². The third-order valence-electron chi connectivity index (χ3n) is 2.57. The Morgan fingerprint density at radius 2 is 2.00 bits per heavy atom. The van der Waals surface area contributed by atoms with Crippen molar-refractivity contribution in [2.75, 3.05) is 0 Å². The van der Waals surface area contributed by atoms with Crippen LogP contribution in [0.4, 0.5) is 0 Å². The van der Waals surface area contributed by atoms with Crippen molar-refractivity contribution in [1.82, 2.24) is 9.38 Å². The summed E-state index contributed by atoms with van der Waals surface area (Å²) in [6.07, 6.45) is 1.06. The second-order valence-electron chi connectivity index (χ2n) is 3.36. The fraction of sp³-hybridized carbons (Fsp3) is 0.500. The first-order valence-electron chi connectivity index (χ1n) is 4.59. The number of imidazole rings is 1. The molecule has 0 unspecified atom stereocenters. The van der Waals surface area contributed by atoms with Gasteiger partial charge in [-0.05, 0) is 27.2 Å². The van der Waals surface area contributed by atoms with Crippen LogP contribution in [0, 0.1) is 20.8 Å².